The van der Waals surface area contributed by atoms with Crippen LogP contribution in [0.25, 0.3) is 22.0 Å². The standard InChI is InChI=1S/C18H17N5O2/c1-9(2)14-7-12(15-10(3)23-25-18(15)21-14)17(24)20-13-6-4-5-11-8-19-22-16(11)13/h4-9H,1-3H3,(H,19,22)(H,20,24). The molecule has 0 aliphatic heterocycles. The number of fused-ring (bicyclic) bond motifs is 2. The summed E-state index contributed by atoms with van der Waals surface area (Å²) in [5, 5.41) is 15.4. The number of aromatic amines is 1. The van der Waals surface area contributed by atoms with Crippen LogP contribution in [0.2, 0.25) is 0 Å². The van der Waals surface area contributed by atoms with E-state index in [-0.39, 0.29) is 11.8 Å². The Balaban J connectivity index is 1.82. The van der Waals surface area contributed by atoms with E-state index in [1.165, 1.54) is 0 Å². The van der Waals surface area contributed by atoms with E-state index < -0.39 is 0 Å². The fraction of sp³-hybridized carbons (Fsp3) is 0.222. The third-order valence-electron chi connectivity index (χ3n) is 4.20. The number of hydrogen-bond acceptors (Lipinski definition) is 5. The van der Waals surface area contributed by atoms with E-state index in [4.69, 9.17) is 4.52 Å². The van der Waals surface area contributed by atoms with Crippen LogP contribution in [0.4, 0.5) is 5.69 Å². The van der Waals surface area contributed by atoms with Crippen molar-refractivity contribution in [3.63, 3.8) is 0 Å². The van der Waals surface area contributed by atoms with Crippen LogP contribution < -0.4 is 5.32 Å². The fourth-order valence-corrected chi connectivity index (χ4v) is 2.85. The van der Waals surface area contributed by atoms with Gasteiger partial charge in [0.25, 0.3) is 11.6 Å². The fourth-order valence-electron chi connectivity index (χ4n) is 2.85. The van der Waals surface area contributed by atoms with Gasteiger partial charge in [-0.05, 0) is 25.0 Å². The highest BCUT2D eigenvalue weighted by atomic mass is 16.5. The van der Waals surface area contributed by atoms with Gasteiger partial charge in [-0.1, -0.05) is 31.1 Å². The van der Waals surface area contributed by atoms with E-state index in [0.29, 0.717) is 28.0 Å². The predicted molar refractivity (Wildman–Crippen MR) is 94.7 cm³/mol. The Morgan fingerprint density at radius 3 is 2.96 bits per heavy atom. The zero-order valence-electron chi connectivity index (χ0n) is 14.1. The lowest BCUT2D eigenvalue weighted by atomic mass is 10.0. The minimum Gasteiger partial charge on any atom is -0.336 e. The van der Waals surface area contributed by atoms with E-state index in [1.54, 1.807) is 19.2 Å². The zero-order chi connectivity index (χ0) is 17.6. The van der Waals surface area contributed by atoms with Crippen molar-refractivity contribution in [1.82, 2.24) is 20.3 Å². The first-order chi connectivity index (χ1) is 12.0. The van der Waals surface area contributed by atoms with Crippen molar-refractivity contribution in [2.75, 3.05) is 5.32 Å². The number of aromatic nitrogens is 4. The van der Waals surface area contributed by atoms with Crippen LogP contribution in [0.1, 0.15) is 41.5 Å². The molecule has 0 bridgehead atoms. The molecule has 1 amide bonds. The Labute approximate surface area is 143 Å². The first kappa shape index (κ1) is 15.3. The van der Waals surface area contributed by atoms with E-state index in [2.05, 4.69) is 25.7 Å². The minimum atomic E-state index is -0.234. The van der Waals surface area contributed by atoms with Crippen molar-refractivity contribution in [2.45, 2.75) is 26.7 Å². The zero-order valence-corrected chi connectivity index (χ0v) is 14.1. The number of anilines is 1. The Bertz CT molecular complexity index is 1090. The number of pyridine rings is 1. The van der Waals surface area contributed by atoms with Crippen LogP contribution in [-0.2, 0) is 0 Å². The lowest BCUT2D eigenvalue weighted by Gasteiger charge is -2.10. The third kappa shape index (κ3) is 2.53. The van der Waals surface area contributed by atoms with Gasteiger partial charge < -0.3 is 9.84 Å². The van der Waals surface area contributed by atoms with Gasteiger partial charge in [0.15, 0.2) is 0 Å². The number of aryl methyl sites for hydroxylation is 1. The molecule has 3 heterocycles. The Kier molecular flexibility index (Phi) is 3.49. The molecule has 0 unspecified atom stereocenters. The lowest BCUT2D eigenvalue weighted by Crippen LogP contribution is -2.14. The Morgan fingerprint density at radius 2 is 2.16 bits per heavy atom. The number of carbonyl (C=O) groups excluding carboxylic acids is 1. The molecule has 7 nitrogen and oxygen atoms in total. The van der Waals surface area contributed by atoms with Crippen molar-refractivity contribution in [2.24, 2.45) is 0 Å². The summed E-state index contributed by atoms with van der Waals surface area (Å²) in [4.78, 5) is 17.4. The van der Waals surface area contributed by atoms with E-state index >= 15 is 0 Å². The van der Waals surface area contributed by atoms with E-state index in [0.717, 1.165) is 16.6 Å². The van der Waals surface area contributed by atoms with Crippen LogP contribution >= 0.6 is 0 Å². The predicted octanol–water partition coefficient (Wildman–Crippen LogP) is 3.78. The van der Waals surface area contributed by atoms with Gasteiger partial charge in [-0.25, -0.2) is 4.98 Å². The summed E-state index contributed by atoms with van der Waals surface area (Å²) in [6, 6.07) is 7.44. The van der Waals surface area contributed by atoms with Gasteiger partial charge in [0.1, 0.15) is 0 Å². The quantitative estimate of drug-likeness (QED) is 0.594. The van der Waals surface area contributed by atoms with Gasteiger partial charge in [-0.15, -0.1) is 0 Å². The molecule has 25 heavy (non-hydrogen) atoms. The molecule has 1 aromatic carbocycles. The molecular weight excluding hydrogens is 318 g/mol. The van der Waals surface area contributed by atoms with Crippen LogP contribution in [0.3, 0.4) is 0 Å². The summed E-state index contributed by atoms with van der Waals surface area (Å²) in [6.45, 7) is 5.84. The second kappa shape index (κ2) is 5.70. The molecule has 0 radical (unpaired) electrons. The molecule has 0 atom stereocenters. The molecule has 0 aliphatic rings. The average molecular weight is 335 g/mol. The maximum Gasteiger partial charge on any atom is 0.259 e. The highest BCUT2D eigenvalue weighted by Gasteiger charge is 2.20. The van der Waals surface area contributed by atoms with Crippen LogP contribution in [0, 0.1) is 6.92 Å². The molecule has 0 aliphatic carbocycles. The highest BCUT2D eigenvalue weighted by Crippen LogP contribution is 2.27. The largest absolute Gasteiger partial charge is 0.336 e. The molecule has 0 spiro atoms. The molecule has 4 aromatic rings. The maximum atomic E-state index is 13.0. The van der Waals surface area contributed by atoms with Crippen molar-refractivity contribution < 1.29 is 9.32 Å². The number of nitrogens with one attached hydrogen (secondary N) is 2. The summed E-state index contributed by atoms with van der Waals surface area (Å²) >= 11 is 0. The Morgan fingerprint density at radius 1 is 1.32 bits per heavy atom. The number of rotatable bonds is 3. The lowest BCUT2D eigenvalue weighted by molar-refractivity contribution is 0.102. The molecule has 4 rings (SSSR count). The molecule has 126 valence electrons. The maximum absolute atomic E-state index is 13.0. The second-order valence-electron chi connectivity index (χ2n) is 6.29. The first-order valence-electron chi connectivity index (χ1n) is 8.05. The number of carbonyl (C=O) groups is 1. The van der Waals surface area contributed by atoms with Crippen LogP contribution in [0.15, 0.2) is 35.0 Å². The third-order valence-corrected chi connectivity index (χ3v) is 4.20. The van der Waals surface area contributed by atoms with Gasteiger partial charge in [0, 0.05) is 11.1 Å². The molecule has 7 heteroatoms. The van der Waals surface area contributed by atoms with Gasteiger partial charge in [-0.3, -0.25) is 9.89 Å². The molecule has 0 saturated heterocycles. The summed E-state index contributed by atoms with van der Waals surface area (Å²) in [5.74, 6) is -0.0694. The average Bonchev–Trinajstić information content (AvgIpc) is 3.21. The number of benzene rings is 1. The van der Waals surface area contributed by atoms with Gasteiger partial charge in [0.05, 0.1) is 34.0 Å². The van der Waals surface area contributed by atoms with E-state index in [9.17, 15) is 4.79 Å². The smallest absolute Gasteiger partial charge is 0.259 e. The number of amides is 1. The van der Waals surface area contributed by atoms with Crippen molar-refractivity contribution >= 4 is 33.6 Å². The summed E-state index contributed by atoms with van der Waals surface area (Å²) in [7, 11) is 0. The highest BCUT2D eigenvalue weighted by molar-refractivity contribution is 6.14. The molecule has 2 N–H and O–H groups in total. The number of para-hydroxylation sites is 1. The normalized spacial score (nSPS) is 11.5. The van der Waals surface area contributed by atoms with Crippen LogP contribution in [-0.4, -0.2) is 26.2 Å². The summed E-state index contributed by atoms with van der Waals surface area (Å²) in [5.41, 5.74) is 3.77. The van der Waals surface area contributed by atoms with Gasteiger partial charge >= 0.3 is 0 Å². The van der Waals surface area contributed by atoms with Crippen molar-refractivity contribution in [3.05, 3.63) is 47.4 Å². The second-order valence-corrected chi connectivity index (χ2v) is 6.29. The van der Waals surface area contributed by atoms with Gasteiger partial charge in [-0.2, -0.15) is 5.10 Å². The topological polar surface area (TPSA) is 96.7 Å². The SMILES string of the molecule is Cc1noc2nc(C(C)C)cc(C(=O)Nc3cccc4cn[nH]c34)c12. The number of H-pyrrole nitrogens is 1. The Hall–Kier alpha value is -3.22. The number of hydrogen-bond donors (Lipinski definition) is 2. The van der Waals surface area contributed by atoms with E-state index in [1.807, 2.05) is 32.0 Å². The first-order valence-corrected chi connectivity index (χ1v) is 8.05. The molecule has 0 fully saturated rings. The molecular formula is C18H17N5O2. The van der Waals surface area contributed by atoms with Crippen LogP contribution in [0.5, 0.6) is 0 Å². The monoisotopic (exact) mass is 335 g/mol. The number of nitrogens with zero attached hydrogens (tertiary/aromatic N) is 3. The molecule has 0 saturated carbocycles. The summed E-state index contributed by atoms with van der Waals surface area (Å²) in [6.07, 6.45) is 1.72. The van der Waals surface area contributed by atoms with Gasteiger partial charge in [0.2, 0.25) is 0 Å². The molecule has 3 aromatic heterocycles. The van der Waals surface area contributed by atoms with Crippen molar-refractivity contribution in [3.8, 4) is 0 Å². The van der Waals surface area contributed by atoms with Crippen molar-refractivity contribution in [1.29, 1.82) is 0 Å². The minimum absolute atomic E-state index is 0.164. The summed E-state index contributed by atoms with van der Waals surface area (Å²) < 4.78 is 5.28.